The minimum absolute atomic E-state index is 0. The Kier molecular flexibility index (Phi) is 7.15. The number of pyridine rings is 1. The molecule has 0 saturated carbocycles. The minimum atomic E-state index is -0.805. The van der Waals surface area contributed by atoms with Crippen molar-refractivity contribution in [3.05, 3.63) is 53.7 Å². The number of hydrogen-bond donors (Lipinski definition) is 1. The number of amides is 1. The smallest absolute Gasteiger partial charge is 0.243 e. The first-order valence-corrected chi connectivity index (χ1v) is 8.99. The van der Waals surface area contributed by atoms with Crippen molar-refractivity contribution in [2.75, 3.05) is 38.2 Å². The third-order valence-corrected chi connectivity index (χ3v) is 5.40. The third kappa shape index (κ3) is 4.19. The van der Waals surface area contributed by atoms with Crippen LogP contribution in [0.2, 0.25) is 0 Å². The van der Waals surface area contributed by atoms with Gasteiger partial charge in [-0.15, -0.1) is 24.8 Å². The molecule has 2 N–H and O–H groups in total. The maximum Gasteiger partial charge on any atom is 0.243 e. The molecule has 6 nitrogen and oxygen atoms in total. The highest BCUT2D eigenvalue weighted by Crippen LogP contribution is 2.30. The average molecular weight is 425 g/mol. The molecule has 1 aromatic heterocycles. The Bertz CT molecular complexity index is 800. The van der Waals surface area contributed by atoms with Crippen molar-refractivity contribution in [3.63, 3.8) is 0 Å². The number of anilines is 1. The first-order valence-electron chi connectivity index (χ1n) is 8.99. The zero-order valence-corrected chi connectivity index (χ0v) is 17.5. The molecule has 28 heavy (non-hydrogen) atoms. The lowest BCUT2D eigenvalue weighted by Crippen LogP contribution is -2.60. The predicted molar refractivity (Wildman–Crippen MR) is 115 cm³/mol. The number of benzene rings is 1. The van der Waals surface area contributed by atoms with Gasteiger partial charge in [-0.25, -0.2) is 4.98 Å². The largest absolute Gasteiger partial charge is 0.497 e. The highest BCUT2D eigenvalue weighted by atomic mass is 35.5. The van der Waals surface area contributed by atoms with Crippen LogP contribution in [0.25, 0.3) is 0 Å². The van der Waals surface area contributed by atoms with Crippen LogP contribution >= 0.6 is 24.8 Å². The van der Waals surface area contributed by atoms with Crippen LogP contribution in [0.4, 0.5) is 5.82 Å². The Morgan fingerprint density at radius 2 is 1.68 bits per heavy atom. The van der Waals surface area contributed by atoms with Gasteiger partial charge in [0, 0.05) is 38.4 Å². The minimum Gasteiger partial charge on any atom is -0.497 e. The Morgan fingerprint density at radius 3 is 2.25 bits per heavy atom. The zero-order chi connectivity index (χ0) is 18.1. The standard InChI is InChI=1S/C20H24N4O2.2ClH/c1-26-17-6-7-22-18(12-17)23-8-10-24(11-9-23)19(25)20(21)13-15-4-2-3-5-16(15)14-20;;/h2-7,12H,8-11,13-14,21H2,1H3;2*1H. The van der Waals surface area contributed by atoms with Gasteiger partial charge in [0.2, 0.25) is 5.91 Å². The van der Waals surface area contributed by atoms with Crippen molar-refractivity contribution in [2.24, 2.45) is 5.73 Å². The van der Waals surface area contributed by atoms with Crippen molar-refractivity contribution in [1.29, 1.82) is 0 Å². The van der Waals surface area contributed by atoms with E-state index >= 15 is 0 Å². The number of halogens is 2. The number of piperazine rings is 1. The van der Waals surface area contributed by atoms with Crippen molar-refractivity contribution in [3.8, 4) is 5.75 Å². The van der Waals surface area contributed by atoms with E-state index in [1.165, 1.54) is 11.1 Å². The first-order chi connectivity index (χ1) is 12.6. The van der Waals surface area contributed by atoms with Crippen molar-refractivity contribution in [2.45, 2.75) is 18.4 Å². The van der Waals surface area contributed by atoms with Crippen molar-refractivity contribution < 1.29 is 9.53 Å². The fraction of sp³-hybridized carbons (Fsp3) is 0.400. The van der Waals surface area contributed by atoms with Crippen LogP contribution < -0.4 is 15.4 Å². The SMILES string of the molecule is COc1ccnc(N2CCN(C(=O)C3(N)Cc4ccccc4C3)CC2)c1.Cl.Cl. The molecule has 0 spiro atoms. The molecule has 152 valence electrons. The Labute approximate surface area is 177 Å². The van der Waals surface area contributed by atoms with Crippen LogP contribution in [0.1, 0.15) is 11.1 Å². The van der Waals surface area contributed by atoms with Crippen LogP contribution in [0.15, 0.2) is 42.6 Å². The summed E-state index contributed by atoms with van der Waals surface area (Å²) in [4.78, 5) is 21.6. The Morgan fingerprint density at radius 1 is 1.07 bits per heavy atom. The summed E-state index contributed by atoms with van der Waals surface area (Å²) in [6.07, 6.45) is 3.00. The summed E-state index contributed by atoms with van der Waals surface area (Å²) in [5, 5.41) is 0. The highest BCUT2D eigenvalue weighted by Gasteiger charge is 2.43. The second-order valence-electron chi connectivity index (χ2n) is 7.11. The van der Waals surface area contributed by atoms with Crippen LogP contribution in [0.3, 0.4) is 0 Å². The molecule has 1 aromatic carbocycles. The van der Waals surface area contributed by atoms with Gasteiger partial charge in [0.15, 0.2) is 0 Å². The summed E-state index contributed by atoms with van der Waals surface area (Å²) in [5.41, 5.74) is 8.12. The molecule has 0 unspecified atom stereocenters. The van der Waals surface area contributed by atoms with E-state index in [-0.39, 0.29) is 30.7 Å². The lowest BCUT2D eigenvalue weighted by Gasteiger charge is -2.39. The molecule has 1 amide bonds. The van der Waals surface area contributed by atoms with Gasteiger partial charge >= 0.3 is 0 Å². The van der Waals surface area contributed by atoms with Gasteiger partial charge in [0.1, 0.15) is 17.1 Å². The van der Waals surface area contributed by atoms with E-state index in [1.807, 2.05) is 29.2 Å². The van der Waals surface area contributed by atoms with E-state index in [2.05, 4.69) is 22.0 Å². The van der Waals surface area contributed by atoms with E-state index in [9.17, 15) is 4.79 Å². The number of carbonyl (C=O) groups is 1. The van der Waals surface area contributed by atoms with Gasteiger partial charge in [-0.05, 0) is 30.0 Å². The molecule has 0 radical (unpaired) electrons. The van der Waals surface area contributed by atoms with Gasteiger partial charge in [-0.2, -0.15) is 0 Å². The summed E-state index contributed by atoms with van der Waals surface area (Å²) < 4.78 is 5.27. The highest BCUT2D eigenvalue weighted by molar-refractivity contribution is 5.88. The molecule has 2 aliphatic rings. The third-order valence-electron chi connectivity index (χ3n) is 5.40. The molecule has 1 aliphatic carbocycles. The summed E-state index contributed by atoms with van der Waals surface area (Å²) >= 11 is 0. The molecule has 0 atom stereocenters. The number of methoxy groups -OCH3 is 1. The molecule has 1 fully saturated rings. The molecular weight excluding hydrogens is 399 g/mol. The summed E-state index contributed by atoms with van der Waals surface area (Å²) in [5.74, 6) is 1.73. The fourth-order valence-electron chi connectivity index (χ4n) is 3.95. The van der Waals surface area contributed by atoms with E-state index in [0.717, 1.165) is 24.7 Å². The molecule has 1 saturated heterocycles. The quantitative estimate of drug-likeness (QED) is 0.816. The van der Waals surface area contributed by atoms with Crippen LogP contribution in [0, 0.1) is 0 Å². The number of aromatic nitrogens is 1. The summed E-state index contributed by atoms with van der Waals surface area (Å²) in [6, 6.07) is 11.9. The van der Waals surface area contributed by atoms with E-state index in [1.54, 1.807) is 13.3 Å². The molecule has 8 heteroatoms. The van der Waals surface area contributed by atoms with Gasteiger partial charge < -0.3 is 20.3 Å². The van der Waals surface area contributed by atoms with Crippen molar-refractivity contribution >= 4 is 36.5 Å². The van der Waals surface area contributed by atoms with Gasteiger partial charge in [0.25, 0.3) is 0 Å². The maximum absolute atomic E-state index is 13.1. The number of carbonyl (C=O) groups excluding carboxylic acids is 1. The molecular formula is C20H26Cl2N4O2. The van der Waals surface area contributed by atoms with E-state index in [0.29, 0.717) is 25.9 Å². The number of hydrogen-bond acceptors (Lipinski definition) is 5. The maximum atomic E-state index is 13.1. The van der Waals surface area contributed by atoms with Crippen molar-refractivity contribution in [1.82, 2.24) is 9.88 Å². The molecule has 2 heterocycles. The topological polar surface area (TPSA) is 71.7 Å². The lowest BCUT2D eigenvalue weighted by molar-refractivity contribution is -0.137. The predicted octanol–water partition coefficient (Wildman–Crippen LogP) is 2.08. The van der Waals surface area contributed by atoms with Gasteiger partial charge in [-0.3, -0.25) is 4.79 Å². The molecule has 2 aromatic rings. The first kappa shape index (κ1) is 22.3. The Balaban J connectivity index is 0.00000140. The monoisotopic (exact) mass is 424 g/mol. The number of nitrogens with zero attached hydrogens (tertiary/aromatic N) is 3. The molecule has 1 aliphatic heterocycles. The number of nitrogens with two attached hydrogens (primary N) is 1. The van der Waals surface area contributed by atoms with Gasteiger partial charge in [-0.1, -0.05) is 24.3 Å². The second-order valence-corrected chi connectivity index (χ2v) is 7.11. The van der Waals surface area contributed by atoms with Gasteiger partial charge in [0.05, 0.1) is 7.11 Å². The number of rotatable bonds is 3. The summed E-state index contributed by atoms with van der Waals surface area (Å²) in [7, 11) is 1.65. The van der Waals surface area contributed by atoms with E-state index < -0.39 is 5.54 Å². The molecule has 0 bridgehead atoms. The summed E-state index contributed by atoms with van der Waals surface area (Å²) in [6.45, 7) is 2.81. The van der Waals surface area contributed by atoms with Crippen LogP contribution in [0.5, 0.6) is 5.75 Å². The van der Waals surface area contributed by atoms with E-state index in [4.69, 9.17) is 10.5 Å². The zero-order valence-electron chi connectivity index (χ0n) is 15.8. The normalized spacial score (nSPS) is 17.2. The average Bonchev–Trinajstić information content (AvgIpc) is 3.05. The van der Waals surface area contributed by atoms with Crippen LogP contribution in [-0.4, -0.2) is 54.6 Å². The van der Waals surface area contributed by atoms with Crippen LogP contribution in [-0.2, 0) is 17.6 Å². The molecule has 4 rings (SSSR count). The second kappa shape index (κ2) is 8.99. The Hall–Kier alpha value is -2.02. The number of ether oxygens (including phenoxy) is 1. The fourth-order valence-corrected chi connectivity index (χ4v) is 3.95. The lowest BCUT2D eigenvalue weighted by atomic mass is 9.95. The number of fused-ring (bicyclic) bond motifs is 1.